The summed E-state index contributed by atoms with van der Waals surface area (Å²) in [5.41, 5.74) is 9.45. The number of hydrazine groups is 1. The highest BCUT2D eigenvalue weighted by Gasteiger charge is 2.30. The van der Waals surface area contributed by atoms with Crippen LogP contribution in [0.15, 0.2) is 54.6 Å². The van der Waals surface area contributed by atoms with E-state index >= 15 is 0 Å². The fraction of sp³-hybridized carbons (Fsp3) is 0.211. The molecular weight excluding hydrogens is 346 g/mol. The van der Waals surface area contributed by atoms with E-state index in [1.54, 1.807) is 6.92 Å². The largest absolute Gasteiger partial charge is 0.295 e. The molecule has 0 aliphatic carbocycles. The molecular formula is C19H19N5OS. The molecule has 0 bridgehead atoms. The summed E-state index contributed by atoms with van der Waals surface area (Å²) in [5.74, 6) is 0.858. The topological polar surface area (TPSA) is 74.7 Å². The summed E-state index contributed by atoms with van der Waals surface area (Å²) < 4.78 is 2.44. The molecule has 2 unspecified atom stereocenters. The number of nitrogens with one attached hydrogen (secondary N) is 3. The lowest BCUT2D eigenvalue weighted by Crippen LogP contribution is -2.28. The molecule has 2 atom stereocenters. The van der Waals surface area contributed by atoms with Crippen LogP contribution in [0.2, 0.25) is 0 Å². The predicted octanol–water partition coefficient (Wildman–Crippen LogP) is 3.41. The van der Waals surface area contributed by atoms with Crippen molar-refractivity contribution in [2.75, 3.05) is 0 Å². The second kappa shape index (κ2) is 6.95. The van der Waals surface area contributed by atoms with E-state index in [4.69, 9.17) is 12.2 Å². The maximum Gasteiger partial charge on any atom is 0.199 e. The van der Waals surface area contributed by atoms with Crippen LogP contribution in [0.25, 0.3) is 5.69 Å². The average Bonchev–Trinajstić information content (AvgIpc) is 3.29. The fourth-order valence-electron chi connectivity index (χ4n) is 3.27. The van der Waals surface area contributed by atoms with Crippen molar-refractivity contribution in [1.82, 2.24) is 25.6 Å². The van der Waals surface area contributed by atoms with Gasteiger partial charge in [-0.1, -0.05) is 30.3 Å². The highest BCUT2D eigenvalue weighted by atomic mass is 32.1. The van der Waals surface area contributed by atoms with Gasteiger partial charge in [0.25, 0.3) is 0 Å². The summed E-state index contributed by atoms with van der Waals surface area (Å²) in [6.07, 6.45) is 0.856. The Labute approximate surface area is 156 Å². The third-order valence-electron chi connectivity index (χ3n) is 4.65. The Morgan fingerprint density at radius 3 is 2.46 bits per heavy atom. The second-order valence-corrected chi connectivity index (χ2v) is 6.75. The van der Waals surface area contributed by atoms with E-state index in [2.05, 4.69) is 33.2 Å². The van der Waals surface area contributed by atoms with Crippen LogP contribution in [0, 0.1) is 4.77 Å². The summed E-state index contributed by atoms with van der Waals surface area (Å²) in [6.45, 7) is 1.56. The highest BCUT2D eigenvalue weighted by molar-refractivity contribution is 7.71. The lowest BCUT2D eigenvalue weighted by molar-refractivity contribution is 0.101. The van der Waals surface area contributed by atoms with Crippen molar-refractivity contribution >= 4 is 18.0 Å². The van der Waals surface area contributed by atoms with Gasteiger partial charge in [-0.15, -0.1) is 0 Å². The van der Waals surface area contributed by atoms with Crippen molar-refractivity contribution in [1.29, 1.82) is 0 Å². The molecule has 1 saturated heterocycles. The van der Waals surface area contributed by atoms with Gasteiger partial charge in [0, 0.05) is 17.3 Å². The minimum Gasteiger partial charge on any atom is -0.295 e. The molecule has 0 spiro atoms. The molecule has 4 rings (SSSR count). The third-order valence-corrected chi connectivity index (χ3v) is 4.92. The minimum atomic E-state index is 0.0145. The van der Waals surface area contributed by atoms with Gasteiger partial charge in [-0.25, -0.2) is 10.9 Å². The number of hydrogen-bond acceptors (Lipinski definition) is 5. The number of nitrogens with zero attached hydrogens (tertiary/aromatic N) is 2. The number of H-pyrrole nitrogens is 1. The summed E-state index contributed by atoms with van der Waals surface area (Å²) in [7, 11) is 0. The van der Waals surface area contributed by atoms with Gasteiger partial charge in [-0.2, -0.15) is 5.10 Å². The maximum atomic E-state index is 11.5. The Morgan fingerprint density at radius 2 is 1.77 bits per heavy atom. The molecule has 26 heavy (non-hydrogen) atoms. The van der Waals surface area contributed by atoms with E-state index in [0.29, 0.717) is 10.3 Å². The van der Waals surface area contributed by atoms with Crippen LogP contribution < -0.4 is 10.9 Å². The molecule has 6 nitrogen and oxygen atoms in total. The Hall–Kier alpha value is -2.61. The second-order valence-electron chi connectivity index (χ2n) is 6.37. The van der Waals surface area contributed by atoms with Crippen molar-refractivity contribution in [2.45, 2.75) is 25.4 Å². The molecule has 132 valence electrons. The Kier molecular flexibility index (Phi) is 4.50. The fourth-order valence-corrected chi connectivity index (χ4v) is 3.51. The molecule has 1 fully saturated rings. The Bertz CT molecular complexity index is 977. The lowest BCUT2D eigenvalue weighted by atomic mass is 10.0. The molecule has 0 amide bonds. The zero-order chi connectivity index (χ0) is 18.1. The SMILES string of the molecule is CC(=O)c1ccc(-n2c(C3CC(c4ccccc4)NN3)n[nH]c2=S)cc1. The van der Waals surface area contributed by atoms with E-state index in [1.807, 2.05) is 47.0 Å². The van der Waals surface area contributed by atoms with Gasteiger partial charge in [-0.05, 0) is 55.4 Å². The zero-order valence-corrected chi connectivity index (χ0v) is 15.1. The van der Waals surface area contributed by atoms with Gasteiger partial charge in [-0.3, -0.25) is 14.5 Å². The Morgan fingerprint density at radius 1 is 1.08 bits per heavy atom. The quantitative estimate of drug-likeness (QED) is 0.488. The number of benzene rings is 2. The van der Waals surface area contributed by atoms with Gasteiger partial charge >= 0.3 is 0 Å². The molecule has 3 N–H and O–H groups in total. The number of aromatic nitrogens is 3. The smallest absolute Gasteiger partial charge is 0.199 e. The Balaban J connectivity index is 1.63. The van der Waals surface area contributed by atoms with Gasteiger partial charge in [0.15, 0.2) is 16.4 Å². The van der Waals surface area contributed by atoms with Crippen LogP contribution in [-0.2, 0) is 0 Å². The van der Waals surface area contributed by atoms with Crippen LogP contribution in [-0.4, -0.2) is 20.5 Å². The first-order valence-corrected chi connectivity index (χ1v) is 8.89. The normalized spacial score (nSPS) is 19.6. The summed E-state index contributed by atoms with van der Waals surface area (Å²) in [5, 5.41) is 7.32. The van der Waals surface area contributed by atoms with Crippen molar-refractivity contribution in [3.8, 4) is 5.69 Å². The number of carbonyl (C=O) groups excluding carboxylic acids is 1. The molecule has 1 aliphatic heterocycles. The number of carbonyl (C=O) groups is 1. The van der Waals surface area contributed by atoms with Crippen molar-refractivity contribution < 1.29 is 4.79 Å². The summed E-state index contributed by atoms with van der Waals surface area (Å²) >= 11 is 5.43. The molecule has 2 heterocycles. The zero-order valence-electron chi connectivity index (χ0n) is 14.3. The molecule has 3 aromatic rings. The van der Waals surface area contributed by atoms with Crippen molar-refractivity contribution in [3.63, 3.8) is 0 Å². The van der Waals surface area contributed by atoms with Gasteiger partial charge in [0.1, 0.15) is 0 Å². The van der Waals surface area contributed by atoms with E-state index < -0.39 is 0 Å². The van der Waals surface area contributed by atoms with Gasteiger partial charge < -0.3 is 0 Å². The van der Waals surface area contributed by atoms with E-state index in [1.165, 1.54) is 5.56 Å². The van der Waals surface area contributed by atoms with Crippen molar-refractivity contribution in [3.05, 3.63) is 76.3 Å². The number of aromatic amines is 1. The summed E-state index contributed by atoms with van der Waals surface area (Å²) in [6, 6.07) is 17.9. The van der Waals surface area contributed by atoms with Crippen LogP contribution >= 0.6 is 12.2 Å². The van der Waals surface area contributed by atoms with Crippen LogP contribution in [0.1, 0.15) is 47.2 Å². The predicted molar refractivity (Wildman–Crippen MR) is 102 cm³/mol. The van der Waals surface area contributed by atoms with E-state index in [-0.39, 0.29) is 17.9 Å². The van der Waals surface area contributed by atoms with Crippen LogP contribution in [0.5, 0.6) is 0 Å². The van der Waals surface area contributed by atoms with E-state index in [0.717, 1.165) is 17.9 Å². The molecule has 0 saturated carbocycles. The molecule has 2 aromatic carbocycles. The van der Waals surface area contributed by atoms with Crippen LogP contribution in [0.4, 0.5) is 0 Å². The van der Waals surface area contributed by atoms with Crippen LogP contribution in [0.3, 0.4) is 0 Å². The first-order chi connectivity index (χ1) is 12.6. The number of Topliss-reactive ketones (excluding diaryl/α,β-unsaturated/α-hetero) is 1. The maximum absolute atomic E-state index is 11.5. The number of rotatable bonds is 4. The number of hydrogen-bond donors (Lipinski definition) is 3. The molecule has 0 radical (unpaired) electrons. The molecule has 1 aromatic heterocycles. The van der Waals surface area contributed by atoms with Crippen molar-refractivity contribution in [2.24, 2.45) is 0 Å². The lowest BCUT2D eigenvalue weighted by Gasteiger charge is -2.12. The molecule has 1 aliphatic rings. The standard InChI is InChI=1S/C19H19N5OS/c1-12(25)13-7-9-15(10-8-13)24-18(22-23-19(24)26)17-11-16(20-21-17)14-5-3-2-4-6-14/h2-10,16-17,20-21H,11H2,1H3,(H,23,26). The highest BCUT2D eigenvalue weighted by Crippen LogP contribution is 2.30. The monoisotopic (exact) mass is 365 g/mol. The third kappa shape index (κ3) is 3.12. The number of ketones is 1. The molecule has 7 heteroatoms. The van der Waals surface area contributed by atoms with E-state index in [9.17, 15) is 4.79 Å². The van der Waals surface area contributed by atoms with Gasteiger partial charge in [0.2, 0.25) is 0 Å². The van der Waals surface area contributed by atoms with Gasteiger partial charge in [0.05, 0.1) is 6.04 Å². The summed E-state index contributed by atoms with van der Waals surface area (Å²) in [4.78, 5) is 11.5. The minimum absolute atomic E-state index is 0.0145. The average molecular weight is 365 g/mol. The first kappa shape index (κ1) is 16.8. The first-order valence-electron chi connectivity index (χ1n) is 8.48.